The Morgan fingerprint density at radius 1 is 1.37 bits per heavy atom. The van der Waals surface area contributed by atoms with Crippen LogP contribution in [0.5, 0.6) is 0 Å². The van der Waals surface area contributed by atoms with Crippen molar-refractivity contribution in [3.8, 4) is 0 Å². The molecule has 0 bridgehead atoms. The molecule has 1 fully saturated rings. The van der Waals surface area contributed by atoms with Gasteiger partial charge in [0.05, 0.1) is 0 Å². The van der Waals surface area contributed by atoms with Crippen LogP contribution in [0.2, 0.25) is 0 Å². The number of rotatable bonds is 9. The van der Waals surface area contributed by atoms with Crippen LogP contribution in [0.4, 0.5) is 5.82 Å². The zero-order valence-electron chi connectivity index (χ0n) is 11.6. The molecule has 1 aromatic rings. The van der Waals surface area contributed by atoms with Crippen molar-refractivity contribution in [3.63, 3.8) is 0 Å². The standard InChI is InChI=1S/C14H23N3OS/c1-19-9-5-3-2-4-8-15-12-10-13(18)17-14(16-12)11-6-7-11/h10-11H,2-9H2,1H3,(H2,15,16,17,18). The molecule has 0 spiro atoms. The van der Waals surface area contributed by atoms with Crippen LogP contribution in [0.25, 0.3) is 0 Å². The van der Waals surface area contributed by atoms with Gasteiger partial charge in [-0.05, 0) is 37.7 Å². The molecular weight excluding hydrogens is 258 g/mol. The summed E-state index contributed by atoms with van der Waals surface area (Å²) in [5, 5.41) is 3.26. The smallest absolute Gasteiger partial charge is 0.252 e. The number of H-pyrrole nitrogens is 1. The summed E-state index contributed by atoms with van der Waals surface area (Å²) < 4.78 is 0. The van der Waals surface area contributed by atoms with E-state index in [0.717, 1.165) is 37.4 Å². The van der Waals surface area contributed by atoms with Crippen molar-refractivity contribution in [2.75, 3.05) is 23.9 Å². The maximum absolute atomic E-state index is 11.5. The van der Waals surface area contributed by atoms with Crippen LogP contribution in [0, 0.1) is 0 Å². The van der Waals surface area contributed by atoms with Crippen molar-refractivity contribution in [2.45, 2.75) is 44.4 Å². The fourth-order valence-electron chi connectivity index (χ4n) is 2.06. The number of hydrogen-bond donors (Lipinski definition) is 2. The van der Waals surface area contributed by atoms with Crippen LogP contribution in [0.15, 0.2) is 10.9 Å². The Morgan fingerprint density at radius 3 is 2.89 bits per heavy atom. The highest BCUT2D eigenvalue weighted by atomic mass is 32.2. The molecule has 2 rings (SSSR count). The minimum atomic E-state index is -0.0422. The molecule has 0 amide bonds. The largest absolute Gasteiger partial charge is 0.370 e. The molecule has 0 atom stereocenters. The fraction of sp³-hybridized carbons (Fsp3) is 0.714. The molecule has 0 aromatic carbocycles. The second-order valence-electron chi connectivity index (χ2n) is 5.12. The van der Waals surface area contributed by atoms with Gasteiger partial charge in [0, 0.05) is 18.5 Å². The van der Waals surface area contributed by atoms with Gasteiger partial charge in [0.2, 0.25) is 0 Å². The molecule has 0 aliphatic heterocycles. The lowest BCUT2D eigenvalue weighted by atomic mass is 10.2. The van der Waals surface area contributed by atoms with E-state index in [9.17, 15) is 4.79 Å². The van der Waals surface area contributed by atoms with Crippen molar-refractivity contribution < 1.29 is 0 Å². The van der Waals surface area contributed by atoms with Gasteiger partial charge in [0.1, 0.15) is 11.6 Å². The van der Waals surface area contributed by atoms with Gasteiger partial charge in [-0.2, -0.15) is 11.8 Å². The topological polar surface area (TPSA) is 57.8 Å². The number of anilines is 1. The van der Waals surface area contributed by atoms with Crippen LogP contribution in [0.3, 0.4) is 0 Å². The van der Waals surface area contributed by atoms with Gasteiger partial charge in [-0.3, -0.25) is 4.79 Å². The van der Waals surface area contributed by atoms with E-state index in [1.807, 2.05) is 11.8 Å². The number of hydrogen-bond acceptors (Lipinski definition) is 4. The monoisotopic (exact) mass is 281 g/mol. The Bertz CT molecular complexity index is 443. The van der Waals surface area contributed by atoms with Crippen LogP contribution in [-0.2, 0) is 0 Å². The molecular formula is C14H23N3OS. The predicted octanol–water partition coefficient (Wildman–Crippen LogP) is 2.98. The molecule has 0 radical (unpaired) electrons. The fourth-order valence-corrected chi connectivity index (χ4v) is 2.55. The third-order valence-corrected chi connectivity index (χ3v) is 4.00. The van der Waals surface area contributed by atoms with Crippen molar-refractivity contribution in [2.24, 2.45) is 0 Å². The highest BCUT2D eigenvalue weighted by Gasteiger charge is 2.26. The molecule has 106 valence electrons. The lowest BCUT2D eigenvalue weighted by molar-refractivity contribution is 0.688. The van der Waals surface area contributed by atoms with E-state index in [2.05, 4.69) is 21.5 Å². The van der Waals surface area contributed by atoms with E-state index in [1.165, 1.54) is 25.0 Å². The van der Waals surface area contributed by atoms with Crippen LogP contribution in [-0.4, -0.2) is 28.5 Å². The van der Waals surface area contributed by atoms with Gasteiger partial charge >= 0.3 is 0 Å². The Hall–Kier alpha value is -0.970. The van der Waals surface area contributed by atoms with Crippen molar-refractivity contribution >= 4 is 17.6 Å². The van der Waals surface area contributed by atoms with Gasteiger partial charge in [-0.15, -0.1) is 0 Å². The van der Waals surface area contributed by atoms with E-state index in [4.69, 9.17) is 0 Å². The highest BCUT2D eigenvalue weighted by molar-refractivity contribution is 7.98. The predicted molar refractivity (Wildman–Crippen MR) is 82.2 cm³/mol. The minimum absolute atomic E-state index is 0.0422. The third-order valence-electron chi connectivity index (χ3n) is 3.31. The summed E-state index contributed by atoms with van der Waals surface area (Å²) in [6, 6.07) is 1.56. The number of nitrogens with zero attached hydrogens (tertiary/aromatic N) is 1. The average molecular weight is 281 g/mol. The first-order valence-electron chi connectivity index (χ1n) is 7.13. The normalized spacial score (nSPS) is 14.6. The molecule has 5 heteroatoms. The van der Waals surface area contributed by atoms with Crippen molar-refractivity contribution in [1.29, 1.82) is 0 Å². The Kier molecular flexibility index (Phi) is 5.76. The molecule has 1 aliphatic carbocycles. The molecule has 1 heterocycles. The van der Waals surface area contributed by atoms with Gasteiger partial charge in [0.25, 0.3) is 5.56 Å². The van der Waals surface area contributed by atoms with Gasteiger partial charge in [-0.1, -0.05) is 12.8 Å². The molecule has 1 aliphatic rings. The number of aromatic amines is 1. The zero-order valence-corrected chi connectivity index (χ0v) is 12.4. The quantitative estimate of drug-likeness (QED) is 0.683. The van der Waals surface area contributed by atoms with Crippen LogP contribution >= 0.6 is 11.8 Å². The van der Waals surface area contributed by atoms with E-state index in [0.29, 0.717) is 5.92 Å². The highest BCUT2D eigenvalue weighted by Crippen LogP contribution is 2.37. The zero-order chi connectivity index (χ0) is 13.5. The van der Waals surface area contributed by atoms with Crippen LogP contribution in [0.1, 0.15) is 50.3 Å². The number of aromatic nitrogens is 2. The molecule has 0 saturated heterocycles. The van der Waals surface area contributed by atoms with E-state index >= 15 is 0 Å². The Morgan fingerprint density at radius 2 is 2.16 bits per heavy atom. The summed E-state index contributed by atoms with van der Waals surface area (Å²) >= 11 is 1.91. The second-order valence-corrected chi connectivity index (χ2v) is 6.11. The van der Waals surface area contributed by atoms with Crippen molar-refractivity contribution in [3.05, 3.63) is 22.2 Å². The van der Waals surface area contributed by atoms with E-state index < -0.39 is 0 Å². The second kappa shape index (κ2) is 7.58. The lowest BCUT2D eigenvalue weighted by Gasteiger charge is -2.06. The molecule has 4 nitrogen and oxygen atoms in total. The number of thioether (sulfide) groups is 1. The first-order chi connectivity index (χ1) is 9.29. The SMILES string of the molecule is CSCCCCCCNc1cc(=O)[nH]c(C2CC2)n1. The number of nitrogens with one attached hydrogen (secondary N) is 2. The lowest BCUT2D eigenvalue weighted by Crippen LogP contribution is -2.13. The number of unbranched alkanes of at least 4 members (excludes halogenated alkanes) is 3. The van der Waals surface area contributed by atoms with Crippen molar-refractivity contribution in [1.82, 2.24) is 9.97 Å². The summed E-state index contributed by atoms with van der Waals surface area (Å²) in [5.41, 5.74) is -0.0422. The molecule has 1 aromatic heterocycles. The summed E-state index contributed by atoms with van der Waals surface area (Å²) in [4.78, 5) is 18.8. The van der Waals surface area contributed by atoms with Gasteiger partial charge in [0.15, 0.2) is 0 Å². The maximum atomic E-state index is 11.5. The Balaban J connectivity index is 1.69. The first-order valence-corrected chi connectivity index (χ1v) is 8.53. The first kappa shape index (κ1) is 14.4. The van der Waals surface area contributed by atoms with Gasteiger partial charge < -0.3 is 10.3 Å². The summed E-state index contributed by atoms with van der Waals surface area (Å²) in [7, 11) is 0. The Labute approximate surface area is 118 Å². The van der Waals surface area contributed by atoms with E-state index in [-0.39, 0.29) is 5.56 Å². The van der Waals surface area contributed by atoms with E-state index in [1.54, 1.807) is 6.07 Å². The summed E-state index contributed by atoms with van der Waals surface area (Å²) in [5.74, 6) is 3.33. The third kappa shape index (κ3) is 5.27. The molecule has 1 saturated carbocycles. The summed E-state index contributed by atoms with van der Waals surface area (Å²) in [6.07, 6.45) is 9.43. The van der Waals surface area contributed by atoms with Crippen LogP contribution < -0.4 is 10.9 Å². The molecule has 2 N–H and O–H groups in total. The minimum Gasteiger partial charge on any atom is -0.370 e. The summed E-state index contributed by atoms with van der Waals surface area (Å²) in [6.45, 7) is 0.903. The molecule has 19 heavy (non-hydrogen) atoms. The average Bonchev–Trinajstić information content (AvgIpc) is 3.21. The molecule has 0 unspecified atom stereocenters. The van der Waals surface area contributed by atoms with Gasteiger partial charge in [-0.25, -0.2) is 4.98 Å². The maximum Gasteiger partial charge on any atom is 0.252 e.